The second kappa shape index (κ2) is 5.11. The van der Waals surface area contributed by atoms with Gasteiger partial charge in [-0.15, -0.1) is 0 Å². The number of carbonyl (C=O) groups excluding carboxylic acids is 1. The van der Waals surface area contributed by atoms with Crippen molar-refractivity contribution in [1.29, 1.82) is 0 Å². The largest absolute Gasteiger partial charge is 0.370 e. The molecule has 1 heterocycles. The minimum absolute atomic E-state index is 0.125. The van der Waals surface area contributed by atoms with Gasteiger partial charge in [-0.2, -0.15) is 0 Å². The lowest BCUT2D eigenvalue weighted by Crippen LogP contribution is -2.39. The summed E-state index contributed by atoms with van der Waals surface area (Å²) in [6.07, 6.45) is 1.13. The molecule has 1 aromatic carbocycles. The molecule has 0 amide bonds. The second-order valence-electron chi connectivity index (χ2n) is 5.65. The van der Waals surface area contributed by atoms with Gasteiger partial charge in [-0.1, -0.05) is 0 Å². The molecule has 0 radical (unpaired) electrons. The highest BCUT2D eigenvalue weighted by molar-refractivity contribution is 5.94. The van der Waals surface area contributed by atoms with E-state index in [1.54, 1.807) is 6.92 Å². The minimum atomic E-state index is 0.125. The molecule has 18 heavy (non-hydrogen) atoms. The smallest absolute Gasteiger partial charge is 0.159 e. The summed E-state index contributed by atoms with van der Waals surface area (Å²) in [5.74, 6) is 0.125. The third-order valence-corrected chi connectivity index (χ3v) is 3.63. The van der Waals surface area contributed by atoms with Gasteiger partial charge in [0.25, 0.3) is 0 Å². The van der Waals surface area contributed by atoms with Crippen molar-refractivity contribution in [2.45, 2.75) is 32.7 Å². The Kier molecular flexibility index (Phi) is 3.71. The van der Waals surface area contributed by atoms with Gasteiger partial charge in [-0.3, -0.25) is 4.79 Å². The van der Waals surface area contributed by atoms with Gasteiger partial charge in [0.05, 0.1) is 0 Å². The second-order valence-corrected chi connectivity index (χ2v) is 5.65. The van der Waals surface area contributed by atoms with Crippen molar-refractivity contribution in [3.05, 3.63) is 29.8 Å². The van der Waals surface area contributed by atoms with Gasteiger partial charge >= 0.3 is 0 Å². The van der Waals surface area contributed by atoms with Crippen molar-refractivity contribution < 1.29 is 4.79 Å². The molecule has 1 aliphatic heterocycles. The fourth-order valence-corrected chi connectivity index (χ4v) is 2.31. The van der Waals surface area contributed by atoms with Crippen LogP contribution in [0.4, 0.5) is 5.69 Å². The number of hydrogen-bond acceptors (Lipinski definition) is 3. The molecule has 2 rings (SSSR count). The molecular weight excluding hydrogens is 224 g/mol. The summed E-state index contributed by atoms with van der Waals surface area (Å²) in [5, 5.41) is 3.55. The van der Waals surface area contributed by atoms with Crippen molar-refractivity contribution >= 4 is 11.5 Å². The first-order valence-electron chi connectivity index (χ1n) is 6.59. The average Bonchev–Trinajstić information content (AvgIpc) is 2.50. The van der Waals surface area contributed by atoms with E-state index in [2.05, 4.69) is 36.2 Å². The zero-order valence-corrected chi connectivity index (χ0v) is 11.5. The molecule has 1 saturated heterocycles. The van der Waals surface area contributed by atoms with Crippen molar-refractivity contribution in [2.75, 3.05) is 24.5 Å². The van der Waals surface area contributed by atoms with Crippen molar-refractivity contribution in [3.8, 4) is 0 Å². The summed E-state index contributed by atoms with van der Waals surface area (Å²) in [6.45, 7) is 9.17. The number of carbonyl (C=O) groups is 1. The molecule has 1 aliphatic rings. The predicted octanol–water partition coefficient (Wildman–Crippen LogP) is 2.47. The maximum Gasteiger partial charge on any atom is 0.159 e. The molecule has 3 nitrogen and oxygen atoms in total. The third-order valence-electron chi connectivity index (χ3n) is 3.63. The van der Waals surface area contributed by atoms with Gasteiger partial charge in [-0.05, 0) is 51.5 Å². The lowest BCUT2D eigenvalue weighted by atomic mass is 10.0. The van der Waals surface area contributed by atoms with Crippen LogP contribution < -0.4 is 10.2 Å². The summed E-state index contributed by atoms with van der Waals surface area (Å²) in [5.41, 5.74) is 2.21. The molecular formula is C15H22N2O. The highest BCUT2D eigenvalue weighted by Crippen LogP contribution is 2.20. The summed E-state index contributed by atoms with van der Waals surface area (Å²) >= 11 is 0. The van der Waals surface area contributed by atoms with Gasteiger partial charge in [0, 0.05) is 36.4 Å². The quantitative estimate of drug-likeness (QED) is 0.814. The maximum absolute atomic E-state index is 11.2. The van der Waals surface area contributed by atoms with E-state index >= 15 is 0 Å². The number of hydrogen-bond donors (Lipinski definition) is 1. The van der Waals surface area contributed by atoms with E-state index in [1.807, 2.05) is 12.1 Å². The number of rotatable bonds is 2. The Bertz CT molecular complexity index is 423. The Morgan fingerprint density at radius 2 is 1.89 bits per heavy atom. The molecule has 3 heteroatoms. The zero-order chi connectivity index (χ0) is 13.2. The van der Waals surface area contributed by atoms with Crippen molar-refractivity contribution in [2.24, 2.45) is 0 Å². The number of nitrogens with zero attached hydrogens (tertiary/aromatic N) is 1. The van der Waals surface area contributed by atoms with E-state index < -0.39 is 0 Å². The first-order valence-corrected chi connectivity index (χ1v) is 6.59. The Hall–Kier alpha value is -1.35. The summed E-state index contributed by atoms with van der Waals surface area (Å²) in [4.78, 5) is 13.6. The zero-order valence-electron chi connectivity index (χ0n) is 11.5. The van der Waals surface area contributed by atoms with Crippen LogP contribution in [-0.2, 0) is 0 Å². The molecule has 98 valence electrons. The third kappa shape index (κ3) is 3.10. The van der Waals surface area contributed by atoms with E-state index in [0.717, 1.165) is 31.6 Å². The molecule has 0 atom stereocenters. The molecule has 0 bridgehead atoms. The molecule has 0 unspecified atom stereocenters. The number of anilines is 1. The average molecular weight is 246 g/mol. The first kappa shape index (κ1) is 13.1. The monoisotopic (exact) mass is 246 g/mol. The highest BCUT2D eigenvalue weighted by Gasteiger charge is 2.22. The summed E-state index contributed by atoms with van der Waals surface area (Å²) in [6, 6.07) is 7.94. The molecule has 1 N–H and O–H groups in total. The van der Waals surface area contributed by atoms with E-state index in [4.69, 9.17) is 0 Å². The predicted molar refractivity (Wildman–Crippen MR) is 75.4 cm³/mol. The van der Waals surface area contributed by atoms with E-state index in [9.17, 15) is 4.79 Å². The minimum Gasteiger partial charge on any atom is -0.370 e. The van der Waals surface area contributed by atoms with Crippen molar-refractivity contribution in [3.63, 3.8) is 0 Å². The number of nitrogens with one attached hydrogen (secondary N) is 1. The van der Waals surface area contributed by atoms with Crippen LogP contribution in [0.2, 0.25) is 0 Å². The fourth-order valence-electron chi connectivity index (χ4n) is 2.31. The summed E-state index contributed by atoms with van der Waals surface area (Å²) in [7, 11) is 0. The lowest BCUT2D eigenvalue weighted by Gasteiger charge is -2.24. The van der Waals surface area contributed by atoms with E-state index in [-0.39, 0.29) is 11.3 Å². The number of Topliss-reactive ketones (excluding diaryl/α,β-unsaturated/α-hetero) is 1. The summed E-state index contributed by atoms with van der Waals surface area (Å²) < 4.78 is 0. The molecule has 0 aliphatic carbocycles. The van der Waals surface area contributed by atoms with Gasteiger partial charge in [0.2, 0.25) is 0 Å². The highest BCUT2D eigenvalue weighted by atomic mass is 16.1. The van der Waals surface area contributed by atoms with Crippen LogP contribution in [0.1, 0.15) is 37.6 Å². The SMILES string of the molecule is CC(=O)c1ccc(N2CCNC(C)(C)CC2)cc1. The Morgan fingerprint density at radius 1 is 1.22 bits per heavy atom. The van der Waals surface area contributed by atoms with E-state index in [0.29, 0.717) is 0 Å². The molecule has 0 saturated carbocycles. The Labute approximate surface area is 109 Å². The van der Waals surface area contributed by atoms with Crippen LogP contribution in [0, 0.1) is 0 Å². The topological polar surface area (TPSA) is 32.3 Å². The normalized spacial score (nSPS) is 19.4. The van der Waals surface area contributed by atoms with Crippen LogP contribution in [0.3, 0.4) is 0 Å². The van der Waals surface area contributed by atoms with Crippen LogP contribution in [-0.4, -0.2) is 31.0 Å². The van der Waals surface area contributed by atoms with E-state index in [1.165, 1.54) is 5.69 Å². The molecule has 0 spiro atoms. The maximum atomic E-state index is 11.2. The Morgan fingerprint density at radius 3 is 2.50 bits per heavy atom. The van der Waals surface area contributed by atoms with Crippen molar-refractivity contribution in [1.82, 2.24) is 5.32 Å². The van der Waals surface area contributed by atoms with Crippen LogP contribution in [0.15, 0.2) is 24.3 Å². The van der Waals surface area contributed by atoms with Gasteiger partial charge in [-0.25, -0.2) is 0 Å². The van der Waals surface area contributed by atoms with Gasteiger partial charge in [0.15, 0.2) is 5.78 Å². The fraction of sp³-hybridized carbons (Fsp3) is 0.533. The Balaban J connectivity index is 2.09. The lowest BCUT2D eigenvalue weighted by molar-refractivity contribution is 0.101. The first-order chi connectivity index (χ1) is 8.48. The molecule has 1 fully saturated rings. The van der Waals surface area contributed by atoms with Crippen LogP contribution in [0.25, 0.3) is 0 Å². The van der Waals surface area contributed by atoms with Crippen LogP contribution in [0.5, 0.6) is 0 Å². The van der Waals surface area contributed by atoms with Gasteiger partial charge < -0.3 is 10.2 Å². The van der Waals surface area contributed by atoms with Gasteiger partial charge in [0.1, 0.15) is 0 Å². The number of benzene rings is 1. The van der Waals surface area contributed by atoms with Crippen LogP contribution >= 0.6 is 0 Å². The number of ketones is 1. The standard InChI is InChI=1S/C15H22N2O/c1-12(18)13-4-6-14(7-5-13)17-10-8-15(2,3)16-9-11-17/h4-7,16H,8-11H2,1-3H3. The molecule has 0 aromatic heterocycles. The molecule has 1 aromatic rings.